The van der Waals surface area contributed by atoms with E-state index in [0.29, 0.717) is 18.0 Å². The van der Waals surface area contributed by atoms with Crippen LogP contribution in [-0.4, -0.2) is 24.0 Å². The number of carbonyl (C=O) groups is 1. The van der Waals surface area contributed by atoms with E-state index in [1.807, 2.05) is 18.3 Å². The van der Waals surface area contributed by atoms with E-state index in [1.165, 1.54) is 0 Å². The van der Waals surface area contributed by atoms with Crippen molar-refractivity contribution in [3.8, 4) is 0 Å². The monoisotopic (exact) mass is 297 g/mol. The van der Waals surface area contributed by atoms with Crippen molar-refractivity contribution < 1.29 is 4.79 Å². The van der Waals surface area contributed by atoms with Gasteiger partial charge in [-0.25, -0.2) is 4.98 Å². The van der Waals surface area contributed by atoms with Crippen molar-refractivity contribution in [3.05, 3.63) is 34.5 Å². The number of nitrogens with zero attached hydrogens (tertiary/aromatic N) is 2. The molecule has 1 unspecified atom stereocenters. The molecule has 0 spiro atoms. The second kappa shape index (κ2) is 6.36. The number of nitrogens with one attached hydrogen (secondary N) is 1. The van der Waals surface area contributed by atoms with Crippen LogP contribution in [0.1, 0.15) is 18.9 Å². The zero-order chi connectivity index (χ0) is 13.8. The maximum absolute atomic E-state index is 11.5. The number of pyridine rings is 1. The van der Waals surface area contributed by atoms with Crippen LogP contribution < -0.4 is 9.99 Å². The summed E-state index contributed by atoms with van der Waals surface area (Å²) < 4.78 is 0. The zero-order valence-corrected chi connectivity index (χ0v) is 12.7. The Bertz CT molecular complexity index is 519. The van der Waals surface area contributed by atoms with Crippen LogP contribution in [0.15, 0.2) is 23.9 Å². The second-order valence-electron chi connectivity index (χ2n) is 4.40. The number of aromatic nitrogens is 1. The third-order valence-electron chi connectivity index (χ3n) is 3.22. The third-order valence-corrected chi connectivity index (χ3v) is 3.76. The molecule has 0 radical (unpaired) electrons. The van der Waals surface area contributed by atoms with Gasteiger partial charge in [0.25, 0.3) is 0 Å². The molecule has 1 aromatic rings. The van der Waals surface area contributed by atoms with Crippen molar-refractivity contribution in [2.45, 2.75) is 19.8 Å². The van der Waals surface area contributed by atoms with Crippen molar-refractivity contribution in [2.24, 2.45) is 0 Å². The van der Waals surface area contributed by atoms with E-state index in [0.717, 1.165) is 29.9 Å². The second-order valence-corrected chi connectivity index (χ2v) is 5.10. The molecule has 1 aliphatic heterocycles. The standard InChI is InChI=1S/C13H17ClN3OP/c1-2-9-7-11(14)12(15-8-9)17-5-3-10(4-6-17)13(18)16-19/h3,7-8H,2,4-6,19H2,1H3,(H,16,18). The lowest BCUT2D eigenvalue weighted by Gasteiger charge is -2.27. The molecule has 1 N–H and O–H groups in total. The quantitative estimate of drug-likeness (QED) is 0.871. The summed E-state index contributed by atoms with van der Waals surface area (Å²) in [5.74, 6) is 0.755. The van der Waals surface area contributed by atoms with Crippen molar-refractivity contribution in [3.63, 3.8) is 0 Å². The van der Waals surface area contributed by atoms with Gasteiger partial charge < -0.3 is 9.99 Å². The van der Waals surface area contributed by atoms with Crippen LogP contribution in [0.3, 0.4) is 0 Å². The first-order chi connectivity index (χ1) is 9.15. The highest BCUT2D eigenvalue weighted by atomic mass is 35.5. The van der Waals surface area contributed by atoms with E-state index in [2.05, 4.69) is 31.3 Å². The first kappa shape index (κ1) is 14.3. The molecule has 2 heterocycles. The van der Waals surface area contributed by atoms with Gasteiger partial charge in [-0.15, -0.1) is 0 Å². The number of amides is 1. The average molecular weight is 298 g/mol. The Balaban J connectivity index is 2.13. The van der Waals surface area contributed by atoms with Crippen LogP contribution in [0.4, 0.5) is 5.82 Å². The predicted octanol–water partition coefficient (Wildman–Crippen LogP) is 2.34. The van der Waals surface area contributed by atoms with Crippen LogP contribution in [0, 0.1) is 0 Å². The molecular formula is C13H17ClN3OP. The van der Waals surface area contributed by atoms with Gasteiger partial charge in [0.2, 0.25) is 5.91 Å². The Morgan fingerprint density at radius 3 is 2.95 bits per heavy atom. The molecule has 0 bridgehead atoms. The van der Waals surface area contributed by atoms with Crippen molar-refractivity contribution in [1.82, 2.24) is 10.1 Å². The SMILES string of the molecule is CCc1cnc(N2CC=C(C(=O)NP)CC2)c(Cl)c1. The van der Waals surface area contributed by atoms with Crippen LogP contribution in [0.2, 0.25) is 5.02 Å². The van der Waals surface area contributed by atoms with Gasteiger partial charge in [-0.05, 0) is 33.9 Å². The van der Waals surface area contributed by atoms with Crippen molar-refractivity contribution >= 4 is 32.7 Å². The molecule has 0 fully saturated rings. The van der Waals surface area contributed by atoms with E-state index in [4.69, 9.17) is 11.6 Å². The van der Waals surface area contributed by atoms with E-state index >= 15 is 0 Å². The normalized spacial score (nSPS) is 15.1. The third kappa shape index (κ3) is 3.26. The molecule has 0 saturated carbocycles. The lowest BCUT2D eigenvalue weighted by Crippen LogP contribution is -2.32. The molecule has 0 aliphatic carbocycles. The maximum atomic E-state index is 11.5. The fourth-order valence-corrected chi connectivity index (χ4v) is 2.55. The first-order valence-corrected chi connectivity index (χ1v) is 7.20. The van der Waals surface area contributed by atoms with Crippen LogP contribution >= 0.6 is 21.0 Å². The van der Waals surface area contributed by atoms with Gasteiger partial charge in [0.1, 0.15) is 5.82 Å². The molecule has 0 aromatic carbocycles. The minimum absolute atomic E-state index is 0.0370. The smallest absolute Gasteiger partial charge is 0.249 e. The Labute approximate surface area is 120 Å². The molecule has 1 aliphatic rings. The molecule has 6 heteroatoms. The van der Waals surface area contributed by atoms with Crippen LogP contribution in [0.5, 0.6) is 0 Å². The van der Waals surface area contributed by atoms with E-state index in [-0.39, 0.29) is 5.91 Å². The summed E-state index contributed by atoms with van der Waals surface area (Å²) in [4.78, 5) is 18.0. The minimum Gasteiger partial charge on any atom is -0.351 e. The van der Waals surface area contributed by atoms with Gasteiger partial charge in [-0.3, -0.25) is 4.79 Å². The molecule has 1 aromatic heterocycles. The topological polar surface area (TPSA) is 45.2 Å². The summed E-state index contributed by atoms with van der Waals surface area (Å²) >= 11 is 6.26. The summed E-state index contributed by atoms with van der Waals surface area (Å²) in [5, 5.41) is 3.24. The predicted molar refractivity (Wildman–Crippen MR) is 81.4 cm³/mol. The Hall–Kier alpha value is -1.12. The first-order valence-electron chi connectivity index (χ1n) is 6.25. The van der Waals surface area contributed by atoms with E-state index < -0.39 is 0 Å². The highest BCUT2D eigenvalue weighted by Crippen LogP contribution is 2.26. The molecule has 0 saturated heterocycles. The lowest BCUT2D eigenvalue weighted by atomic mass is 10.1. The largest absolute Gasteiger partial charge is 0.351 e. The zero-order valence-electron chi connectivity index (χ0n) is 10.8. The van der Waals surface area contributed by atoms with Gasteiger partial charge in [0, 0.05) is 24.9 Å². The number of carbonyl (C=O) groups excluding carboxylic acids is 1. The molecule has 4 nitrogen and oxygen atoms in total. The molecule has 102 valence electrons. The lowest BCUT2D eigenvalue weighted by molar-refractivity contribution is -0.115. The minimum atomic E-state index is -0.0370. The number of halogens is 1. The van der Waals surface area contributed by atoms with Crippen LogP contribution in [-0.2, 0) is 11.2 Å². The van der Waals surface area contributed by atoms with Gasteiger partial charge in [-0.1, -0.05) is 24.6 Å². The molecule has 19 heavy (non-hydrogen) atoms. The molecule has 1 amide bonds. The van der Waals surface area contributed by atoms with Crippen molar-refractivity contribution in [2.75, 3.05) is 18.0 Å². The van der Waals surface area contributed by atoms with E-state index in [1.54, 1.807) is 0 Å². The maximum Gasteiger partial charge on any atom is 0.249 e. The van der Waals surface area contributed by atoms with Gasteiger partial charge in [0.05, 0.1) is 5.02 Å². The molecular weight excluding hydrogens is 281 g/mol. The average Bonchev–Trinajstić information content (AvgIpc) is 2.46. The molecule has 2 rings (SSSR count). The summed E-state index contributed by atoms with van der Waals surface area (Å²) in [6.07, 6.45) is 5.41. The Kier molecular flexibility index (Phi) is 4.78. The number of aryl methyl sites for hydroxylation is 1. The number of rotatable bonds is 3. The number of hydrogen-bond donors (Lipinski definition) is 1. The van der Waals surface area contributed by atoms with Gasteiger partial charge in [-0.2, -0.15) is 0 Å². The Morgan fingerprint density at radius 2 is 2.42 bits per heavy atom. The highest BCUT2D eigenvalue weighted by Gasteiger charge is 2.18. The summed E-state index contributed by atoms with van der Waals surface area (Å²) in [6.45, 7) is 3.48. The van der Waals surface area contributed by atoms with Crippen LogP contribution in [0.25, 0.3) is 0 Å². The van der Waals surface area contributed by atoms with Gasteiger partial charge >= 0.3 is 0 Å². The molecule has 1 atom stereocenters. The summed E-state index contributed by atoms with van der Waals surface area (Å²) in [5.41, 5.74) is 1.94. The number of anilines is 1. The fraction of sp³-hybridized carbons (Fsp3) is 0.385. The van der Waals surface area contributed by atoms with E-state index in [9.17, 15) is 4.79 Å². The number of hydrogen-bond acceptors (Lipinski definition) is 3. The summed E-state index contributed by atoms with van der Waals surface area (Å²) in [7, 11) is 2.23. The Morgan fingerprint density at radius 1 is 1.63 bits per heavy atom. The summed E-state index contributed by atoms with van der Waals surface area (Å²) in [6, 6.07) is 1.96. The fourth-order valence-electron chi connectivity index (χ4n) is 2.06. The van der Waals surface area contributed by atoms with Crippen molar-refractivity contribution in [1.29, 1.82) is 0 Å². The van der Waals surface area contributed by atoms with Gasteiger partial charge in [0.15, 0.2) is 0 Å². The highest BCUT2D eigenvalue weighted by molar-refractivity contribution is 7.15.